The number of ether oxygens (including phenoxy) is 1. The molecule has 0 aliphatic carbocycles. The first-order chi connectivity index (χ1) is 9.60. The number of allylic oxidation sites excluding steroid dienone is 1. The molecule has 0 heterocycles. The molecule has 0 radical (unpaired) electrons. The molecule has 0 aromatic heterocycles. The molecule has 1 N–H and O–H groups in total. The van der Waals surface area contributed by atoms with Gasteiger partial charge in [-0.2, -0.15) is 0 Å². The van der Waals surface area contributed by atoms with Gasteiger partial charge in [0.1, 0.15) is 5.82 Å². The van der Waals surface area contributed by atoms with E-state index in [1.54, 1.807) is 18.2 Å². The number of ketones is 1. The number of carbonyl (C=O) groups excluding carboxylic acids is 1. The molecule has 20 heavy (non-hydrogen) atoms. The van der Waals surface area contributed by atoms with Gasteiger partial charge in [0.25, 0.3) is 0 Å². The molecule has 102 valence electrons. The highest BCUT2D eigenvalue weighted by molar-refractivity contribution is 6.07. The van der Waals surface area contributed by atoms with Gasteiger partial charge in [-0.3, -0.25) is 4.79 Å². The van der Waals surface area contributed by atoms with Gasteiger partial charge in [-0.15, -0.1) is 0 Å². The van der Waals surface area contributed by atoms with Gasteiger partial charge in [0.15, 0.2) is 17.3 Å². The molecule has 0 saturated carbocycles. The van der Waals surface area contributed by atoms with Crippen molar-refractivity contribution in [1.29, 1.82) is 0 Å². The highest BCUT2D eigenvalue weighted by Crippen LogP contribution is 2.26. The van der Waals surface area contributed by atoms with Crippen LogP contribution >= 0.6 is 0 Å². The van der Waals surface area contributed by atoms with Crippen LogP contribution < -0.4 is 4.74 Å². The smallest absolute Gasteiger partial charge is 0.185 e. The second-order valence-electron chi connectivity index (χ2n) is 4.14. The summed E-state index contributed by atoms with van der Waals surface area (Å²) in [5.74, 6) is -0.332. The molecule has 4 heteroatoms. The van der Waals surface area contributed by atoms with Crippen molar-refractivity contribution in [3.63, 3.8) is 0 Å². The van der Waals surface area contributed by atoms with E-state index in [2.05, 4.69) is 0 Å². The van der Waals surface area contributed by atoms with Crippen LogP contribution in [0.3, 0.4) is 0 Å². The van der Waals surface area contributed by atoms with Gasteiger partial charge in [-0.1, -0.05) is 18.2 Å². The maximum atomic E-state index is 12.7. The van der Waals surface area contributed by atoms with Gasteiger partial charge < -0.3 is 9.84 Å². The lowest BCUT2D eigenvalue weighted by atomic mass is 10.1. The summed E-state index contributed by atoms with van der Waals surface area (Å²) in [6, 6.07) is 10.2. The predicted octanol–water partition coefficient (Wildman–Crippen LogP) is 3.44. The average Bonchev–Trinajstić information content (AvgIpc) is 2.47. The van der Waals surface area contributed by atoms with Crippen LogP contribution in [-0.2, 0) is 0 Å². The number of phenols is 1. The number of hydrogen-bond donors (Lipinski definition) is 1. The summed E-state index contributed by atoms with van der Waals surface area (Å²) in [6.45, 7) is 0. The van der Waals surface area contributed by atoms with E-state index >= 15 is 0 Å². The Morgan fingerprint density at radius 2 is 1.90 bits per heavy atom. The van der Waals surface area contributed by atoms with Crippen molar-refractivity contribution in [3.8, 4) is 11.5 Å². The van der Waals surface area contributed by atoms with E-state index in [4.69, 9.17) is 4.74 Å². The average molecular weight is 272 g/mol. The highest BCUT2D eigenvalue weighted by Gasteiger charge is 2.07. The number of halogens is 1. The summed E-state index contributed by atoms with van der Waals surface area (Å²) in [6.07, 6.45) is 2.99. The molecule has 0 unspecified atom stereocenters. The SMILES string of the molecule is COc1cc(C(=O)C=Cc2ccc(F)cc2)ccc1O. The molecule has 0 spiro atoms. The van der Waals surface area contributed by atoms with Crippen molar-refractivity contribution < 1.29 is 19.0 Å². The molecule has 2 rings (SSSR count). The van der Waals surface area contributed by atoms with E-state index in [0.717, 1.165) is 5.56 Å². The maximum absolute atomic E-state index is 12.7. The van der Waals surface area contributed by atoms with Crippen LogP contribution in [0.2, 0.25) is 0 Å². The minimum atomic E-state index is -0.322. The Labute approximate surface area is 115 Å². The number of benzene rings is 2. The highest BCUT2D eigenvalue weighted by atomic mass is 19.1. The fraction of sp³-hybridized carbons (Fsp3) is 0.0625. The van der Waals surface area contributed by atoms with Gasteiger partial charge in [0.05, 0.1) is 7.11 Å². The van der Waals surface area contributed by atoms with Crippen LogP contribution in [-0.4, -0.2) is 18.0 Å². The third-order valence-electron chi connectivity index (χ3n) is 2.76. The molecule has 2 aromatic rings. The van der Waals surface area contributed by atoms with Gasteiger partial charge in [0.2, 0.25) is 0 Å². The number of phenolic OH excluding ortho intramolecular Hbond substituents is 1. The van der Waals surface area contributed by atoms with Gasteiger partial charge >= 0.3 is 0 Å². The van der Waals surface area contributed by atoms with E-state index in [1.165, 1.54) is 43.5 Å². The molecule has 0 aliphatic rings. The zero-order chi connectivity index (χ0) is 14.5. The third kappa shape index (κ3) is 3.23. The van der Waals surface area contributed by atoms with Crippen molar-refractivity contribution in [2.75, 3.05) is 7.11 Å². The molecule has 0 aliphatic heterocycles. The van der Waals surface area contributed by atoms with Crippen molar-refractivity contribution in [3.05, 3.63) is 65.5 Å². The van der Waals surface area contributed by atoms with E-state index in [-0.39, 0.29) is 23.1 Å². The lowest BCUT2D eigenvalue weighted by molar-refractivity contribution is 0.104. The predicted molar refractivity (Wildman–Crippen MR) is 74.4 cm³/mol. The molecule has 0 atom stereocenters. The summed E-state index contributed by atoms with van der Waals surface area (Å²) < 4.78 is 17.7. The van der Waals surface area contributed by atoms with Crippen LogP contribution in [0.1, 0.15) is 15.9 Å². The van der Waals surface area contributed by atoms with Crippen molar-refractivity contribution in [2.45, 2.75) is 0 Å². The summed E-state index contributed by atoms with van der Waals surface area (Å²) >= 11 is 0. The van der Waals surface area contributed by atoms with E-state index in [9.17, 15) is 14.3 Å². The molecule has 0 bridgehead atoms. The van der Waals surface area contributed by atoms with Crippen molar-refractivity contribution in [1.82, 2.24) is 0 Å². The normalized spacial score (nSPS) is 10.7. The molecular weight excluding hydrogens is 259 g/mol. The van der Waals surface area contributed by atoms with Gasteiger partial charge in [-0.05, 0) is 42.0 Å². The minimum Gasteiger partial charge on any atom is -0.504 e. The summed E-state index contributed by atoms with van der Waals surface area (Å²) in [5.41, 5.74) is 1.13. The van der Waals surface area contributed by atoms with Crippen molar-refractivity contribution >= 4 is 11.9 Å². The number of hydrogen-bond acceptors (Lipinski definition) is 3. The third-order valence-corrected chi connectivity index (χ3v) is 2.76. The van der Waals surface area contributed by atoms with Crippen LogP contribution in [0, 0.1) is 5.82 Å². The van der Waals surface area contributed by atoms with Gasteiger partial charge in [0, 0.05) is 5.56 Å². The van der Waals surface area contributed by atoms with Gasteiger partial charge in [-0.25, -0.2) is 4.39 Å². The fourth-order valence-corrected chi connectivity index (χ4v) is 1.67. The minimum absolute atomic E-state index is 0.0217. The molecule has 0 amide bonds. The van der Waals surface area contributed by atoms with E-state index < -0.39 is 0 Å². The van der Waals surface area contributed by atoms with E-state index in [0.29, 0.717) is 5.56 Å². The zero-order valence-corrected chi connectivity index (χ0v) is 10.8. The summed E-state index contributed by atoms with van der Waals surface area (Å²) in [5, 5.41) is 9.46. The fourth-order valence-electron chi connectivity index (χ4n) is 1.67. The Morgan fingerprint density at radius 3 is 2.55 bits per heavy atom. The molecule has 2 aromatic carbocycles. The van der Waals surface area contributed by atoms with Crippen molar-refractivity contribution in [2.24, 2.45) is 0 Å². The number of carbonyl (C=O) groups is 1. The molecular formula is C16H13FO3. The van der Waals surface area contributed by atoms with Crippen LogP contribution in [0.15, 0.2) is 48.5 Å². The molecule has 0 saturated heterocycles. The second-order valence-corrected chi connectivity index (χ2v) is 4.14. The second kappa shape index (κ2) is 6.02. The first-order valence-corrected chi connectivity index (χ1v) is 5.95. The maximum Gasteiger partial charge on any atom is 0.185 e. The largest absolute Gasteiger partial charge is 0.504 e. The lowest BCUT2D eigenvalue weighted by Crippen LogP contribution is -1.95. The topological polar surface area (TPSA) is 46.5 Å². The number of methoxy groups -OCH3 is 1. The molecule has 0 fully saturated rings. The Kier molecular flexibility index (Phi) is 4.15. The Morgan fingerprint density at radius 1 is 1.20 bits per heavy atom. The monoisotopic (exact) mass is 272 g/mol. The summed E-state index contributed by atoms with van der Waals surface area (Å²) in [7, 11) is 1.41. The Hall–Kier alpha value is -2.62. The standard InChI is InChI=1S/C16H13FO3/c1-20-16-10-12(5-9-15(16)19)14(18)8-4-11-2-6-13(17)7-3-11/h2-10,19H,1H3. The number of rotatable bonds is 4. The van der Waals surface area contributed by atoms with Crippen LogP contribution in [0.4, 0.5) is 4.39 Å². The lowest BCUT2D eigenvalue weighted by Gasteiger charge is -2.04. The number of aromatic hydroxyl groups is 1. The Balaban J connectivity index is 2.17. The molecule has 3 nitrogen and oxygen atoms in total. The summed E-state index contributed by atoms with van der Waals surface area (Å²) in [4.78, 5) is 12.0. The zero-order valence-electron chi connectivity index (χ0n) is 10.8. The van der Waals surface area contributed by atoms with Crippen LogP contribution in [0.25, 0.3) is 6.08 Å². The quantitative estimate of drug-likeness (QED) is 0.685. The first kappa shape index (κ1) is 13.8. The first-order valence-electron chi connectivity index (χ1n) is 5.95. The van der Waals surface area contributed by atoms with E-state index in [1.807, 2.05) is 0 Å². The Bertz CT molecular complexity index is 645. The van der Waals surface area contributed by atoms with Crippen LogP contribution in [0.5, 0.6) is 11.5 Å².